The molecule has 2 N–H and O–H groups in total. The van der Waals surface area contributed by atoms with Gasteiger partial charge in [-0.15, -0.1) is 10.2 Å². The minimum absolute atomic E-state index is 0.156. The van der Waals surface area contributed by atoms with E-state index in [-0.39, 0.29) is 11.9 Å². The van der Waals surface area contributed by atoms with Gasteiger partial charge in [-0.1, -0.05) is 18.2 Å². The predicted molar refractivity (Wildman–Crippen MR) is 75.2 cm³/mol. The van der Waals surface area contributed by atoms with Crippen LogP contribution >= 0.6 is 0 Å². The summed E-state index contributed by atoms with van der Waals surface area (Å²) in [5.74, 6) is 0.561. The maximum absolute atomic E-state index is 12.2. The number of aryl methyl sites for hydroxylation is 1. The van der Waals surface area contributed by atoms with Crippen molar-refractivity contribution in [2.45, 2.75) is 13.0 Å². The Morgan fingerprint density at radius 3 is 2.90 bits per heavy atom. The summed E-state index contributed by atoms with van der Waals surface area (Å²) in [6.45, 7) is 1.88. The van der Waals surface area contributed by atoms with Crippen LogP contribution in [0.1, 0.15) is 29.3 Å². The Morgan fingerprint density at radius 2 is 2.20 bits per heavy atom. The van der Waals surface area contributed by atoms with Crippen LogP contribution in [0.5, 0.6) is 0 Å². The molecule has 0 aliphatic heterocycles. The zero-order chi connectivity index (χ0) is 14.1. The summed E-state index contributed by atoms with van der Waals surface area (Å²) in [7, 11) is 1.85. The molecule has 0 radical (unpaired) electrons. The summed E-state index contributed by atoms with van der Waals surface area (Å²) in [6.07, 6.45) is 1.61. The number of nitrogens with zero attached hydrogens (tertiary/aromatic N) is 3. The number of benzene rings is 1. The first kappa shape index (κ1) is 12.4. The number of para-hydroxylation sites is 1. The topological polar surface area (TPSA) is 75.6 Å². The van der Waals surface area contributed by atoms with Crippen molar-refractivity contribution >= 4 is 16.8 Å². The monoisotopic (exact) mass is 269 g/mol. The number of hydrogen-bond acceptors (Lipinski definition) is 3. The van der Waals surface area contributed by atoms with E-state index in [1.807, 2.05) is 44.3 Å². The van der Waals surface area contributed by atoms with Crippen LogP contribution in [-0.4, -0.2) is 25.7 Å². The molecule has 1 aromatic carbocycles. The number of H-pyrrole nitrogens is 1. The molecule has 0 bridgehead atoms. The minimum atomic E-state index is -0.207. The summed E-state index contributed by atoms with van der Waals surface area (Å²) >= 11 is 0. The lowest BCUT2D eigenvalue weighted by atomic mass is 10.2. The Balaban J connectivity index is 1.81. The fraction of sp³-hybridized carbons (Fsp3) is 0.214. The molecular weight excluding hydrogens is 254 g/mol. The van der Waals surface area contributed by atoms with Crippen molar-refractivity contribution in [2.24, 2.45) is 7.05 Å². The van der Waals surface area contributed by atoms with Crippen molar-refractivity contribution in [3.8, 4) is 0 Å². The van der Waals surface area contributed by atoms with Crippen molar-refractivity contribution in [2.75, 3.05) is 0 Å². The van der Waals surface area contributed by atoms with Crippen LogP contribution in [0.4, 0.5) is 0 Å². The molecule has 2 aromatic heterocycles. The van der Waals surface area contributed by atoms with Crippen LogP contribution in [0.3, 0.4) is 0 Å². The molecule has 0 aliphatic carbocycles. The van der Waals surface area contributed by atoms with Gasteiger partial charge in [-0.05, 0) is 19.1 Å². The van der Waals surface area contributed by atoms with Crippen molar-refractivity contribution in [3.05, 3.63) is 48.2 Å². The Labute approximate surface area is 115 Å². The first-order valence-electron chi connectivity index (χ1n) is 6.37. The van der Waals surface area contributed by atoms with E-state index in [9.17, 15) is 4.79 Å². The van der Waals surface area contributed by atoms with Gasteiger partial charge in [0, 0.05) is 18.0 Å². The zero-order valence-electron chi connectivity index (χ0n) is 11.3. The van der Waals surface area contributed by atoms with Gasteiger partial charge in [-0.2, -0.15) is 0 Å². The molecule has 20 heavy (non-hydrogen) atoms. The summed E-state index contributed by atoms with van der Waals surface area (Å²) in [4.78, 5) is 15.3. The lowest BCUT2D eigenvalue weighted by molar-refractivity contribution is 0.0933. The molecule has 3 aromatic rings. The van der Waals surface area contributed by atoms with Gasteiger partial charge in [0.15, 0.2) is 5.82 Å². The molecule has 3 rings (SSSR count). The number of carbonyl (C=O) groups excluding carboxylic acids is 1. The maximum atomic E-state index is 12.2. The minimum Gasteiger partial charge on any atom is -0.351 e. The van der Waals surface area contributed by atoms with Crippen LogP contribution in [0.15, 0.2) is 36.7 Å². The standard InChI is InChI=1S/C14H15N5O/c1-9(13-18-15-8-19(13)2)16-14(20)12-7-10-5-3-4-6-11(10)17-12/h3-9,17H,1-2H3,(H,16,20). The number of amides is 1. The van der Waals surface area contributed by atoms with E-state index in [1.165, 1.54) is 0 Å². The Kier molecular flexibility index (Phi) is 2.98. The number of rotatable bonds is 3. The number of aromatic amines is 1. The quantitative estimate of drug-likeness (QED) is 0.761. The van der Waals surface area contributed by atoms with E-state index >= 15 is 0 Å². The molecule has 1 atom stereocenters. The largest absolute Gasteiger partial charge is 0.351 e. The second kappa shape index (κ2) is 4.80. The predicted octanol–water partition coefficient (Wildman–Crippen LogP) is 1.79. The van der Waals surface area contributed by atoms with Gasteiger partial charge in [0.25, 0.3) is 5.91 Å². The third-order valence-electron chi connectivity index (χ3n) is 3.26. The molecule has 6 nitrogen and oxygen atoms in total. The van der Waals surface area contributed by atoms with Gasteiger partial charge in [-0.3, -0.25) is 4.79 Å². The first-order chi connectivity index (χ1) is 9.65. The molecule has 0 spiro atoms. The highest BCUT2D eigenvalue weighted by Crippen LogP contribution is 2.15. The smallest absolute Gasteiger partial charge is 0.268 e. The van der Waals surface area contributed by atoms with Crippen molar-refractivity contribution < 1.29 is 4.79 Å². The van der Waals surface area contributed by atoms with Gasteiger partial charge < -0.3 is 14.9 Å². The van der Waals surface area contributed by atoms with Crippen LogP contribution in [-0.2, 0) is 7.05 Å². The molecule has 6 heteroatoms. The molecular formula is C14H15N5O. The molecule has 102 valence electrons. The average molecular weight is 269 g/mol. The van der Waals surface area contributed by atoms with Crippen molar-refractivity contribution in [1.29, 1.82) is 0 Å². The second-order valence-electron chi connectivity index (χ2n) is 4.77. The third kappa shape index (κ3) is 2.16. The van der Waals surface area contributed by atoms with E-state index < -0.39 is 0 Å². The van der Waals surface area contributed by atoms with Crippen molar-refractivity contribution in [3.63, 3.8) is 0 Å². The van der Waals surface area contributed by atoms with Gasteiger partial charge in [-0.25, -0.2) is 0 Å². The van der Waals surface area contributed by atoms with Gasteiger partial charge in [0.2, 0.25) is 0 Å². The lowest BCUT2D eigenvalue weighted by Gasteiger charge is -2.11. The lowest BCUT2D eigenvalue weighted by Crippen LogP contribution is -2.28. The van der Waals surface area contributed by atoms with E-state index in [0.29, 0.717) is 5.69 Å². The van der Waals surface area contributed by atoms with Crippen LogP contribution < -0.4 is 5.32 Å². The maximum Gasteiger partial charge on any atom is 0.268 e. The summed E-state index contributed by atoms with van der Waals surface area (Å²) < 4.78 is 1.79. The van der Waals surface area contributed by atoms with Crippen LogP contribution in [0.25, 0.3) is 10.9 Å². The van der Waals surface area contributed by atoms with Crippen LogP contribution in [0, 0.1) is 0 Å². The fourth-order valence-corrected chi connectivity index (χ4v) is 2.22. The summed E-state index contributed by atoms with van der Waals surface area (Å²) in [6, 6.07) is 9.42. The molecule has 1 unspecified atom stereocenters. The molecule has 0 saturated heterocycles. The number of fused-ring (bicyclic) bond motifs is 1. The molecule has 0 fully saturated rings. The Bertz CT molecular complexity index is 725. The number of carbonyl (C=O) groups is 1. The highest BCUT2D eigenvalue weighted by Gasteiger charge is 2.16. The van der Waals surface area contributed by atoms with E-state index in [0.717, 1.165) is 16.7 Å². The first-order valence-corrected chi connectivity index (χ1v) is 6.37. The highest BCUT2D eigenvalue weighted by atomic mass is 16.1. The van der Waals surface area contributed by atoms with E-state index in [2.05, 4.69) is 20.5 Å². The zero-order valence-corrected chi connectivity index (χ0v) is 11.3. The number of hydrogen-bond donors (Lipinski definition) is 2. The Hall–Kier alpha value is -2.63. The van der Waals surface area contributed by atoms with Gasteiger partial charge in [0.05, 0.1) is 6.04 Å². The summed E-state index contributed by atoms with van der Waals surface area (Å²) in [5.41, 5.74) is 1.49. The number of aromatic nitrogens is 4. The van der Waals surface area contributed by atoms with Gasteiger partial charge in [0.1, 0.15) is 12.0 Å². The third-order valence-corrected chi connectivity index (χ3v) is 3.26. The number of nitrogens with one attached hydrogen (secondary N) is 2. The van der Waals surface area contributed by atoms with E-state index in [4.69, 9.17) is 0 Å². The summed E-state index contributed by atoms with van der Waals surface area (Å²) in [5, 5.41) is 11.7. The normalized spacial score (nSPS) is 12.5. The highest BCUT2D eigenvalue weighted by molar-refractivity contribution is 5.98. The molecule has 2 heterocycles. The molecule has 0 saturated carbocycles. The van der Waals surface area contributed by atoms with Crippen LogP contribution in [0.2, 0.25) is 0 Å². The molecule has 0 aliphatic rings. The van der Waals surface area contributed by atoms with E-state index in [1.54, 1.807) is 10.9 Å². The molecule has 1 amide bonds. The average Bonchev–Trinajstić information content (AvgIpc) is 3.04. The SMILES string of the molecule is CC(NC(=O)c1cc2ccccc2[nH]1)c1nncn1C. The Morgan fingerprint density at radius 1 is 1.40 bits per heavy atom. The van der Waals surface area contributed by atoms with Crippen molar-refractivity contribution in [1.82, 2.24) is 25.1 Å². The van der Waals surface area contributed by atoms with Gasteiger partial charge >= 0.3 is 0 Å². The second-order valence-corrected chi connectivity index (χ2v) is 4.77. The fourth-order valence-electron chi connectivity index (χ4n) is 2.22.